The topological polar surface area (TPSA) is 84.6 Å². The molecule has 1 amide bonds. The van der Waals surface area contributed by atoms with Gasteiger partial charge in [0.2, 0.25) is 5.91 Å². The molecule has 0 spiro atoms. The number of nitrogens with one attached hydrogen (secondary N) is 1. The van der Waals surface area contributed by atoms with Crippen LogP contribution in [0.5, 0.6) is 5.75 Å². The Morgan fingerprint density at radius 2 is 1.93 bits per heavy atom. The summed E-state index contributed by atoms with van der Waals surface area (Å²) in [6.45, 7) is 0.252. The highest BCUT2D eigenvalue weighted by Gasteiger charge is 2.14. The molecule has 0 bridgehead atoms. The average Bonchev–Trinajstić information content (AvgIpc) is 3.31. The fourth-order valence-corrected chi connectivity index (χ4v) is 3.79. The molecule has 1 unspecified atom stereocenters. The molecule has 2 aromatic carbocycles. The summed E-state index contributed by atoms with van der Waals surface area (Å²) in [6, 6.07) is 17.2. The second-order valence-electron chi connectivity index (χ2n) is 7.15. The Morgan fingerprint density at radius 3 is 2.67 bits per heavy atom. The number of ether oxygens (including phenoxy) is 1. The molecule has 1 aromatic heterocycles. The number of benzene rings is 2. The number of aliphatic hydroxyl groups excluding tert-OH is 1. The molecule has 0 fully saturated rings. The third kappa shape index (κ3) is 6.42. The standard InChI is InChI=1S/C24H28N2O3S/c25-22(16-27)24(28)26-20-10-11-23(21(15-20)19-12-14-30-17-19)29-13-6-2-5-9-18-7-3-1-4-8-18/h1,3-4,7-8,10-12,14-15,17,22,27H,2,5-6,9,13,16,25H2,(H,26,28). The highest BCUT2D eigenvalue weighted by molar-refractivity contribution is 7.08. The number of aryl methyl sites for hydroxylation is 1. The molecule has 1 atom stereocenters. The van der Waals surface area contributed by atoms with Crippen LogP contribution in [0, 0.1) is 0 Å². The lowest BCUT2D eigenvalue weighted by atomic mass is 10.1. The summed E-state index contributed by atoms with van der Waals surface area (Å²) >= 11 is 1.61. The molecule has 158 valence electrons. The van der Waals surface area contributed by atoms with Gasteiger partial charge in [0.05, 0.1) is 13.2 Å². The van der Waals surface area contributed by atoms with E-state index in [4.69, 9.17) is 15.6 Å². The summed E-state index contributed by atoms with van der Waals surface area (Å²) in [5.41, 5.74) is 9.55. The number of anilines is 1. The Hall–Kier alpha value is -2.67. The molecular formula is C24H28N2O3S. The van der Waals surface area contributed by atoms with Crippen LogP contribution in [0.25, 0.3) is 11.1 Å². The van der Waals surface area contributed by atoms with Crippen LogP contribution in [-0.2, 0) is 11.2 Å². The number of aliphatic hydroxyl groups is 1. The van der Waals surface area contributed by atoms with Gasteiger partial charge in [0, 0.05) is 11.3 Å². The molecule has 0 saturated heterocycles. The van der Waals surface area contributed by atoms with Gasteiger partial charge >= 0.3 is 0 Å². The third-order valence-corrected chi connectivity index (χ3v) is 5.51. The number of carbonyl (C=O) groups is 1. The maximum Gasteiger partial charge on any atom is 0.243 e. The minimum atomic E-state index is -0.943. The van der Waals surface area contributed by atoms with Gasteiger partial charge in [0.25, 0.3) is 0 Å². The highest BCUT2D eigenvalue weighted by Crippen LogP contribution is 2.34. The molecule has 30 heavy (non-hydrogen) atoms. The van der Waals surface area contributed by atoms with E-state index in [0.717, 1.165) is 42.6 Å². The van der Waals surface area contributed by atoms with E-state index in [0.29, 0.717) is 12.3 Å². The molecule has 0 aliphatic carbocycles. The van der Waals surface area contributed by atoms with Crippen LogP contribution >= 0.6 is 11.3 Å². The maximum atomic E-state index is 12.0. The number of carbonyl (C=O) groups excluding carboxylic acids is 1. The lowest BCUT2D eigenvalue weighted by molar-refractivity contribution is -0.118. The second kappa shape index (κ2) is 11.5. The molecule has 0 aliphatic heterocycles. The van der Waals surface area contributed by atoms with Gasteiger partial charge in [-0.3, -0.25) is 4.79 Å². The SMILES string of the molecule is NC(CO)C(=O)Nc1ccc(OCCCCCc2ccccc2)c(-c2ccsc2)c1. The number of rotatable bonds is 11. The fourth-order valence-electron chi connectivity index (χ4n) is 3.13. The average molecular weight is 425 g/mol. The Morgan fingerprint density at radius 1 is 1.10 bits per heavy atom. The van der Waals surface area contributed by atoms with Crippen molar-refractivity contribution >= 4 is 22.9 Å². The zero-order valence-electron chi connectivity index (χ0n) is 16.9. The first-order valence-corrected chi connectivity index (χ1v) is 11.1. The van der Waals surface area contributed by atoms with E-state index in [-0.39, 0.29) is 0 Å². The van der Waals surface area contributed by atoms with Crippen molar-refractivity contribution in [3.05, 3.63) is 70.9 Å². The van der Waals surface area contributed by atoms with Crippen molar-refractivity contribution in [3.8, 4) is 16.9 Å². The first-order valence-electron chi connectivity index (χ1n) is 10.2. The summed E-state index contributed by atoms with van der Waals surface area (Å²) in [4.78, 5) is 12.0. The Kier molecular flexibility index (Phi) is 8.44. The van der Waals surface area contributed by atoms with E-state index < -0.39 is 18.6 Å². The molecule has 6 heteroatoms. The van der Waals surface area contributed by atoms with Crippen molar-refractivity contribution in [1.82, 2.24) is 0 Å². The lowest BCUT2D eigenvalue weighted by Gasteiger charge is -2.14. The summed E-state index contributed by atoms with van der Waals surface area (Å²) in [5.74, 6) is 0.377. The van der Waals surface area contributed by atoms with Gasteiger partial charge in [0.1, 0.15) is 11.8 Å². The molecule has 3 aromatic rings. The van der Waals surface area contributed by atoms with Crippen LogP contribution in [0.1, 0.15) is 24.8 Å². The van der Waals surface area contributed by atoms with E-state index in [2.05, 4.69) is 29.6 Å². The van der Waals surface area contributed by atoms with Crippen molar-refractivity contribution in [2.75, 3.05) is 18.5 Å². The molecule has 5 nitrogen and oxygen atoms in total. The van der Waals surface area contributed by atoms with Gasteiger partial charge in [-0.2, -0.15) is 11.3 Å². The monoisotopic (exact) mass is 424 g/mol. The van der Waals surface area contributed by atoms with Gasteiger partial charge in [-0.15, -0.1) is 0 Å². The number of hydrogen-bond acceptors (Lipinski definition) is 5. The summed E-state index contributed by atoms with van der Waals surface area (Å²) < 4.78 is 6.07. The summed E-state index contributed by atoms with van der Waals surface area (Å²) in [6.07, 6.45) is 4.32. The van der Waals surface area contributed by atoms with Crippen LogP contribution in [0.3, 0.4) is 0 Å². The largest absolute Gasteiger partial charge is 0.493 e. The highest BCUT2D eigenvalue weighted by atomic mass is 32.1. The summed E-state index contributed by atoms with van der Waals surface area (Å²) in [7, 11) is 0. The third-order valence-electron chi connectivity index (χ3n) is 4.82. The van der Waals surface area contributed by atoms with Crippen molar-refractivity contribution in [2.45, 2.75) is 31.7 Å². The van der Waals surface area contributed by atoms with Gasteiger partial charge in [-0.05, 0) is 71.8 Å². The Bertz CT molecular complexity index is 913. The molecule has 1 heterocycles. The van der Waals surface area contributed by atoms with Crippen LogP contribution in [0.4, 0.5) is 5.69 Å². The smallest absolute Gasteiger partial charge is 0.243 e. The lowest BCUT2D eigenvalue weighted by Crippen LogP contribution is -2.38. The number of amides is 1. The van der Waals surface area contributed by atoms with Crippen molar-refractivity contribution in [3.63, 3.8) is 0 Å². The van der Waals surface area contributed by atoms with Crippen LogP contribution in [-0.4, -0.2) is 30.3 Å². The van der Waals surface area contributed by atoms with Crippen LogP contribution in [0.2, 0.25) is 0 Å². The van der Waals surface area contributed by atoms with Crippen LogP contribution in [0.15, 0.2) is 65.4 Å². The van der Waals surface area contributed by atoms with Gasteiger partial charge < -0.3 is 20.9 Å². The van der Waals surface area contributed by atoms with E-state index >= 15 is 0 Å². The Labute approximate surface area is 181 Å². The maximum absolute atomic E-state index is 12.0. The Balaban J connectivity index is 1.56. The van der Waals surface area contributed by atoms with Gasteiger partial charge in [-0.1, -0.05) is 30.3 Å². The first kappa shape index (κ1) is 22.0. The minimum Gasteiger partial charge on any atom is -0.493 e. The minimum absolute atomic E-state index is 0.394. The molecule has 4 N–H and O–H groups in total. The zero-order chi connectivity index (χ0) is 21.2. The normalized spacial score (nSPS) is 11.8. The predicted molar refractivity (Wildman–Crippen MR) is 123 cm³/mol. The van der Waals surface area contributed by atoms with Crippen molar-refractivity contribution < 1.29 is 14.6 Å². The number of thiophene rings is 1. The van der Waals surface area contributed by atoms with E-state index in [1.165, 1.54) is 5.56 Å². The predicted octanol–water partition coefficient (Wildman–Crippen LogP) is 4.47. The van der Waals surface area contributed by atoms with E-state index in [9.17, 15) is 4.79 Å². The van der Waals surface area contributed by atoms with E-state index in [1.807, 2.05) is 35.0 Å². The molecule has 3 rings (SSSR count). The van der Waals surface area contributed by atoms with Crippen LogP contribution < -0.4 is 15.8 Å². The first-order chi connectivity index (χ1) is 14.7. The molecule has 0 aliphatic rings. The molecular weight excluding hydrogens is 396 g/mol. The molecule has 0 radical (unpaired) electrons. The fraction of sp³-hybridized carbons (Fsp3) is 0.292. The number of hydrogen-bond donors (Lipinski definition) is 3. The number of unbranched alkanes of at least 4 members (excludes halogenated alkanes) is 2. The second-order valence-corrected chi connectivity index (χ2v) is 7.93. The van der Waals surface area contributed by atoms with Crippen molar-refractivity contribution in [1.29, 1.82) is 0 Å². The zero-order valence-corrected chi connectivity index (χ0v) is 17.7. The van der Waals surface area contributed by atoms with Gasteiger partial charge in [-0.25, -0.2) is 0 Å². The quantitative estimate of drug-likeness (QED) is 0.397. The molecule has 0 saturated carbocycles. The van der Waals surface area contributed by atoms with E-state index in [1.54, 1.807) is 17.4 Å². The summed E-state index contributed by atoms with van der Waals surface area (Å²) in [5, 5.41) is 15.9. The van der Waals surface area contributed by atoms with Gasteiger partial charge in [0.15, 0.2) is 0 Å². The number of nitrogens with two attached hydrogens (primary N) is 1. The van der Waals surface area contributed by atoms with Crippen molar-refractivity contribution in [2.24, 2.45) is 5.73 Å².